The van der Waals surface area contributed by atoms with Gasteiger partial charge in [0, 0.05) is 43.9 Å². The number of hydrogen-bond acceptors (Lipinski definition) is 5. The molecule has 184 valence electrons. The zero-order valence-corrected chi connectivity index (χ0v) is 19.0. The minimum absolute atomic E-state index is 0.184. The number of piperidine rings is 1. The second-order valence-electron chi connectivity index (χ2n) is 8.97. The van der Waals surface area contributed by atoms with Crippen LogP contribution in [0.2, 0.25) is 0 Å². The van der Waals surface area contributed by atoms with Crippen molar-refractivity contribution in [1.29, 1.82) is 0 Å². The highest BCUT2D eigenvalue weighted by atomic mass is 19.1. The Kier molecular flexibility index (Phi) is 6.23. The van der Waals surface area contributed by atoms with Crippen LogP contribution in [0.15, 0.2) is 47.7 Å². The molecule has 35 heavy (non-hydrogen) atoms. The van der Waals surface area contributed by atoms with Gasteiger partial charge >= 0.3 is 12.0 Å². The Balaban J connectivity index is 1.49. The SMILES string of the molecule is O=C(O)C1CCN(C(=O)N2C=NC=CC2)C(n2nccc2N2CCCC2c2cc(F)ccc2F)C1. The Morgan fingerprint density at radius 1 is 1.11 bits per heavy atom. The van der Waals surface area contributed by atoms with Crippen LogP contribution in [0.25, 0.3) is 0 Å². The molecule has 2 fully saturated rings. The molecule has 0 bridgehead atoms. The van der Waals surface area contributed by atoms with E-state index in [0.717, 1.165) is 18.6 Å². The van der Waals surface area contributed by atoms with Crippen molar-refractivity contribution in [2.24, 2.45) is 10.9 Å². The highest BCUT2D eigenvalue weighted by Crippen LogP contribution is 2.40. The number of likely N-dealkylation sites (tertiary alicyclic amines) is 1. The van der Waals surface area contributed by atoms with Crippen LogP contribution in [-0.2, 0) is 4.79 Å². The van der Waals surface area contributed by atoms with E-state index in [4.69, 9.17) is 0 Å². The van der Waals surface area contributed by atoms with Gasteiger partial charge < -0.3 is 14.9 Å². The third kappa shape index (κ3) is 4.38. The van der Waals surface area contributed by atoms with Gasteiger partial charge in [0.2, 0.25) is 0 Å². The number of carbonyl (C=O) groups excluding carboxylic acids is 1. The van der Waals surface area contributed by atoms with Crippen LogP contribution in [0.5, 0.6) is 0 Å². The molecule has 2 saturated heterocycles. The van der Waals surface area contributed by atoms with Gasteiger partial charge in [-0.25, -0.2) is 23.2 Å². The Morgan fingerprint density at radius 3 is 2.74 bits per heavy atom. The number of aliphatic imine (C=N–C) groups is 1. The third-order valence-corrected chi connectivity index (χ3v) is 6.91. The van der Waals surface area contributed by atoms with Crippen molar-refractivity contribution in [2.75, 3.05) is 24.5 Å². The number of aliphatic carboxylic acids is 1. The molecule has 5 rings (SSSR count). The quantitative estimate of drug-likeness (QED) is 0.713. The number of aromatic nitrogens is 2. The molecule has 1 aromatic carbocycles. The molecule has 0 radical (unpaired) electrons. The molecule has 3 aliphatic heterocycles. The van der Waals surface area contributed by atoms with Gasteiger partial charge in [-0.05, 0) is 43.5 Å². The standard InChI is InChI=1S/C24H26F2N6O3/c25-17-4-5-19(26)18(14-17)20-3-1-11-30(20)21-6-9-28-32(21)22-13-16(23(33)34)7-12-31(22)24(35)29-10-2-8-27-15-29/h2,4-6,8-9,14-16,20,22H,1,3,7,10-13H2,(H,33,34). The second kappa shape index (κ2) is 9.47. The van der Waals surface area contributed by atoms with Gasteiger partial charge in [0.15, 0.2) is 0 Å². The minimum atomic E-state index is -0.917. The van der Waals surface area contributed by atoms with Gasteiger partial charge in [0.25, 0.3) is 0 Å². The first-order valence-electron chi connectivity index (χ1n) is 11.7. The number of amides is 2. The maximum Gasteiger partial charge on any atom is 0.327 e. The smallest absolute Gasteiger partial charge is 0.327 e. The number of rotatable bonds is 4. The summed E-state index contributed by atoms with van der Waals surface area (Å²) in [6, 6.07) is 4.53. The van der Waals surface area contributed by atoms with Crippen molar-refractivity contribution in [3.63, 3.8) is 0 Å². The molecule has 1 N–H and O–H groups in total. The summed E-state index contributed by atoms with van der Waals surface area (Å²) in [5.74, 6) is -1.90. The highest BCUT2D eigenvalue weighted by Gasteiger charge is 2.40. The Bertz CT molecular complexity index is 1180. The number of anilines is 1. The van der Waals surface area contributed by atoms with E-state index in [1.165, 1.54) is 17.3 Å². The second-order valence-corrected chi connectivity index (χ2v) is 8.97. The van der Waals surface area contributed by atoms with E-state index in [0.29, 0.717) is 31.7 Å². The van der Waals surface area contributed by atoms with Crippen LogP contribution in [0.4, 0.5) is 19.4 Å². The number of halogens is 2. The number of carboxylic acid groups (broad SMARTS) is 1. The molecule has 3 atom stereocenters. The van der Waals surface area contributed by atoms with E-state index in [2.05, 4.69) is 10.1 Å². The lowest BCUT2D eigenvalue weighted by Crippen LogP contribution is -2.51. The lowest BCUT2D eigenvalue weighted by molar-refractivity contribution is -0.144. The van der Waals surface area contributed by atoms with Crippen molar-refractivity contribution in [1.82, 2.24) is 19.6 Å². The van der Waals surface area contributed by atoms with Gasteiger partial charge in [-0.2, -0.15) is 5.10 Å². The fourth-order valence-corrected chi connectivity index (χ4v) is 5.20. The molecule has 0 saturated carbocycles. The van der Waals surface area contributed by atoms with Gasteiger partial charge in [0.05, 0.1) is 24.5 Å². The molecule has 11 heteroatoms. The van der Waals surface area contributed by atoms with Crippen molar-refractivity contribution in [3.05, 3.63) is 59.9 Å². The van der Waals surface area contributed by atoms with Crippen LogP contribution in [0, 0.1) is 17.6 Å². The van der Waals surface area contributed by atoms with Crippen molar-refractivity contribution in [3.8, 4) is 0 Å². The van der Waals surface area contributed by atoms with Gasteiger partial charge in [-0.1, -0.05) is 0 Å². The zero-order chi connectivity index (χ0) is 24.5. The Hall–Kier alpha value is -3.76. The van der Waals surface area contributed by atoms with Gasteiger partial charge in [0.1, 0.15) is 23.6 Å². The fourth-order valence-electron chi connectivity index (χ4n) is 5.20. The molecule has 3 unspecified atom stereocenters. The van der Waals surface area contributed by atoms with Crippen molar-refractivity contribution in [2.45, 2.75) is 37.9 Å². The first kappa shape index (κ1) is 23.0. The average Bonchev–Trinajstić information content (AvgIpc) is 3.54. The Morgan fingerprint density at radius 2 is 1.97 bits per heavy atom. The summed E-state index contributed by atoms with van der Waals surface area (Å²) in [4.78, 5) is 34.3. The van der Waals surface area contributed by atoms with E-state index >= 15 is 0 Å². The summed E-state index contributed by atoms with van der Waals surface area (Å²) < 4.78 is 30.3. The summed E-state index contributed by atoms with van der Waals surface area (Å²) in [5, 5.41) is 14.2. The van der Waals surface area contributed by atoms with E-state index in [-0.39, 0.29) is 24.6 Å². The van der Waals surface area contributed by atoms with E-state index in [1.54, 1.807) is 34.1 Å². The van der Waals surface area contributed by atoms with Gasteiger partial charge in [-0.3, -0.25) is 9.69 Å². The number of carboxylic acids is 1. The molecule has 0 aliphatic carbocycles. The monoisotopic (exact) mass is 484 g/mol. The van der Waals surface area contributed by atoms with Crippen LogP contribution in [0.3, 0.4) is 0 Å². The van der Waals surface area contributed by atoms with E-state index in [1.807, 2.05) is 4.90 Å². The average molecular weight is 485 g/mol. The summed E-state index contributed by atoms with van der Waals surface area (Å²) >= 11 is 0. The normalized spacial score (nSPS) is 24.3. The molecular weight excluding hydrogens is 458 g/mol. The molecule has 4 heterocycles. The predicted molar refractivity (Wildman–Crippen MR) is 124 cm³/mol. The number of carbonyl (C=O) groups is 2. The maximum atomic E-state index is 14.6. The first-order chi connectivity index (χ1) is 16.9. The minimum Gasteiger partial charge on any atom is -0.481 e. The highest BCUT2D eigenvalue weighted by molar-refractivity contribution is 5.87. The largest absolute Gasteiger partial charge is 0.481 e. The fraction of sp³-hybridized carbons (Fsp3) is 0.417. The van der Waals surface area contributed by atoms with Crippen LogP contribution in [0.1, 0.15) is 43.5 Å². The molecule has 3 aliphatic rings. The van der Waals surface area contributed by atoms with Crippen LogP contribution >= 0.6 is 0 Å². The van der Waals surface area contributed by atoms with Crippen molar-refractivity contribution >= 4 is 24.2 Å². The van der Waals surface area contributed by atoms with Crippen LogP contribution < -0.4 is 4.90 Å². The summed E-state index contributed by atoms with van der Waals surface area (Å²) in [6.45, 7) is 1.21. The predicted octanol–water partition coefficient (Wildman–Crippen LogP) is 3.78. The van der Waals surface area contributed by atoms with E-state index in [9.17, 15) is 23.5 Å². The molecule has 2 amide bonds. The number of urea groups is 1. The molecule has 0 spiro atoms. The first-order valence-corrected chi connectivity index (χ1v) is 11.7. The molecule has 9 nitrogen and oxygen atoms in total. The lowest BCUT2D eigenvalue weighted by atomic mass is 9.94. The molecule has 2 aromatic rings. The topological polar surface area (TPSA) is 94.3 Å². The lowest BCUT2D eigenvalue weighted by Gasteiger charge is -2.41. The summed E-state index contributed by atoms with van der Waals surface area (Å²) in [7, 11) is 0. The molecular formula is C24H26F2N6O3. The number of nitrogens with zero attached hydrogens (tertiary/aromatic N) is 6. The zero-order valence-electron chi connectivity index (χ0n) is 19.0. The summed E-state index contributed by atoms with van der Waals surface area (Å²) in [5.41, 5.74) is 0.270. The molecule has 1 aromatic heterocycles. The summed E-state index contributed by atoms with van der Waals surface area (Å²) in [6.07, 6.45) is 7.68. The van der Waals surface area contributed by atoms with Crippen molar-refractivity contribution < 1.29 is 23.5 Å². The van der Waals surface area contributed by atoms with Gasteiger partial charge in [-0.15, -0.1) is 0 Å². The Labute approximate surface area is 200 Å². The van der Waals surface area contributed by atoms with Crippen LogP contribution in [-0.4, -0.2) is 62.7 Å². The number of benzene rings is 1. The maximum absolute atomic E-state index is 14.6. The van der Waals surface area contributed by atoms with E-state index < -0.39 is 35.7 Å². The number of hydrogen-bond donors (Lipinski definition) is 1. The third-order valence-electron chi connectivity index (χ3n) is 6.91.